The van der Waals surface area contributed by atoms with Crippen molar-refractivity contribution in [2.75, 3.05) is 6.26 Å². The fourth-order valence-corrected chi connectivity index (χ4v) is 3.70. The van der Waals surface area contributed by atoms with E-state index in [0.717, 1.165) is 40.9 Å². The molecule has 0 aromatic carbocycles. The van der Waals surface area contributed by atoms with Crippen LogP contribution in [0.1, 0.15) is 25.3 Å². The average molecular weight is 273 g/mol. The third-order valence-corrected chi connectivity index (χ3v) is 4.97. The number of fused-ring (bicyclic) bond motifs is 2. The Labute approximate surface area is 115 Å². The minimum Gasteiger partial charge on any atom is -0.289 e. The zero-order valence-electron chi connectivity index (χ0n) is 10.7. The molecule has 2 saturated carbocycles. The first-order valence-corrected chi connectivity index (χ1v) is 7.91. The Balaban J connectivity index is 1.91. The van der Waals surface area contributed by atoms with Crippen LogP contribution >= 0.6 is 11.8 Å². The van der Waals surface area contributed by atoms with Crippen molar-refractivity contribution in [2.24, 2.45) is 11.8 Å². The molecule has 19 heavy (non-hydrogen) atoms. The van der Waals surface area contributed by atoms with E-state index >= 15 is 0 Å². The van der Waals surface area contributed by atoms with E-state index in [1.807, 2.05) is 23.1 Å². The van der Waals surface area contributed by atoms with Crippen molar-refractivity contribution in [1.82, 2.24) is 14.5 Å². The average Bonchev–Trinajstić information content (AvgIpc) is 3.04. The topological polar surface area (TPSA) is 47.8 Å². The van der Waals surface area contributed by atoms with Gasteiger partial charge in [0.1, 0.15) is 5.65 Å². The maximum atomic E-state index is 12.2. The van der Waals surface area contributed by atoms with Crippen molar-refractivity contribution < 1.29 is 0 Å². The summed E-state index contributed by atoms with van der Waals surface area (Å²) in [6, 6.07) is 3.81. The predicted octanol–water partition coefficient (Wildman–Crippen LogP) is 2.48. The summed E-state index contributed by atoms with van der Waals surface area (Å²) in [4.78, 5) is 21.1. The van der Waals surface area contributed by atoms with E-state index in [-0.39, 0.29) is 5.56 Å². The summed E-state index contributed by atoms with van der Waals surface area (Å²) in [6.45, 7) is 0. The molecule has 3 atom stereocenters. The molecule has 0 spiro atoms. The van der Waals surface area contributed by atoms with Crippen LogP contribution in [0.5, 0.6) is 0 Å². The van der Waals surface area contributed by atoms with Gasteiger partial charge in [0.15, 0.2) is 5.16 Å². The fraction of sp³-hybridized carbons (Fsp3) is 0.500. The third kappa shape index (κ3) is 1.79. The van der Waals surface area contributed by atoms with Gasteiger partial charge >= 0.3 is 0 Å². The zero-order chi connectivity index (χ0) is 13.0. The SMILES string of the molecule is CSc1ncc2ccc(=O)n(C3C[C@@H]4C[C@@H]4C3)c2n1. The van der Waals surface area contributed by atoms with E-state index in [9.17, 15) is 4.79 Å². The van der Waals surface area contributed by atoms with Gasteiger partial charge in [-0.1, -0.05) is 11.8 Å². The van der Waals surface area contributed by atoms with Gasteiger partial charge < -0.3 is 0 Å². The lowest BCUT2D eigenvalue weighted by Crippen LogP contribution is -2.24. The van der Waals surface area contributed by atoms with Crippen LogP contribution in [0.15, 0.2) is 28.3 Å². The maximum absolute atomic E-state index is 12.2. The summed E-state index contributed by atoms with van der Waals surface area (Å²) in [5.74, 6) is 1.71. The van der Waals surface area contributed by atoms with E-state index < -0.39 is 0 Å². The van der Waals surface area contributed by atoms with Crippen LogP contribution in [0.25, 0.3) is 11.0 Å². The van der Waals surface area contributed by atoms with Crippen LogP contribution in [0.3, 0.4) is 0 Å². The number of nitrogens with zero attached hydrogens (tertiary/aromatic N) is 3. The molecule has 4 rings (SSSR count). The zero-order valence-corrected chi connectivity index (χ0v) is 11.6. The lowest BCUT2D eigenvalue weighted by Gasteiger charge is -2.17. The van der Waals surface area contributed by atoms with E-state index in [1.165, 1.54) is 18.2 Å². The monoisotopic (exact) mass is 273 g/mol. The predicted molar refractivity (Wildman–Crippen MR) is 75.4 cm³/mol. The van der Waals surface area contributed by atoms with Gasteiger partial charge in [-0.15, -0.1) is 0 Å². The van der Waals surface area contributed by atoms with Gasteiger partial charge in [-0.3, -0.25) is 9.36 Å². The Morgan fingerprint density at radius 1 is 1.26 bits per heavy atom. The van der Waals surface area contributed by atoms with Crippen LogP contribution in [0.4, 0.5) is 0 Å². The van der Waals surface area contributed by atoms with Crippen LogP contribution in [0.2, 0.25) is 0 Å². The minimum atomic E-state index is 0.0737. The van der Waals surface area contributed by atoms with Gasteiger partial charge in [0.25, 0.3) is 5.56 Å². The molecule has 5 heteroatoms. The molecular formula is C14H15N3OS. The van der Waals surface area contributed by atoms with Crippen LogP contribution in [-0.4, -0.2) is 20.8 Å². The van der Waals surface area contributed by atoms with Gasteiger partial charge in [-0.05, 0) is 43.4 Å². The number of pyridine rings is 1. The van der Waals surface area contributed by atoms with Crippen molar-refractivity contribution in [1.29, 1.82) is 0 Å². The van der Waals surface area contributed by atoms with E-state index in [0.29, 0.717) is 6.04 Å². The second-order valence-electron chi connectivity index (χ2n) is 5.56. The standard InChI is InChI=1S/C14H15N3OS/c1-19-14-15-7-8-2-3-12(18)17(13(8)16-14)11-5-9-4-10(9)6-11/h2-3,7,9-11H,4-6H2,1H3/t9-,10+,11?. The number of hydrogen-bond acceptors (Lipinski definition) is 4. The fourth-order valence-electron chi connectivity index (χ4n) is 3.37. The molecule has 2 aromatic rings. The molecule has 2 aliphatic carbocycles. The highest BCUT2D eigenvalue weighted by molar-refractivity contribution is 7.98. The third-order valence-electron chi connectivity index (χ3n) is 4.41. The lowest BCUT2D eigenvalue weighted by molar-refractivity contribution is 0.465. The second-order valence-corrected chi connectivity index (χ2v) is 6.33. The molecule has 98 valence electrons. The molecule has 0 saturated heterocycles. The van der Waals surface area contributed by atoms with Gasteiger partial charge in [-0.2, -0.15) is 0 Å². The van der Waals surface area contributed by atoms with Crippen molar-refractivity contribution in [3.8, 4) is 0 Å². The molecule has 0 N–H and O–H groups in total. The molecule has 2 aromatic heterocycles. The largest absolute Gasteiger partial charge is 0.289 e. The Morgan fingerprint density at radius 2 is 2.05 bits per heavy atom. The Hall–Kier alpha value is -1.36. The maximum Gasteiger partial charge on any atom is 0.252 e. The summed E-state index contributed by atoms with van der Waals surface area (Å²) in [5, 5.41) is 1.69. The van der Waals surface area contributed by atoms with E-state index in [2.05, 4.69) is 9.97 Å². The molecule has 2 fully saturated rings. The minimum absolute atomic E-state index is 0.0737. The first kappa shape index (κ1) is 11.5. The molecular weight excluding hydrogens is 258 g/mol. The van der Waals surface area contributed by atoms with Crippen molar-refractivity contribution in [2.45, 2.75) is 30.5 Å². The number of aromatic nitrogens is 3. The van der Waals surface area contributed by atoms with Crippen LogP contribution in [-0.2, 0) is 0 Å². The quantitative estimate of drug-likeness (QED) is 0.623. The molecule has 2 heterocycles. The summed E-state index contributed by atoms with van der Waals surface area (Å²) in [7, 11) is 0. The summed E-state index contributed by atoms with van der Waals surface area (Å²) in [6.07, 6.45) is 7.42. The first-order valence-electron chi connectivity index (χ1n) is 6.68. The highest BCUT2D eigenvalue weighted by Gasteiger charge is 2.46. The Kier molecular flexibility index (Phi) is 2.45. The Morgan fingerprint density at radius 3 is 2.79 bits per heavy atom. The number of hydrogen-bond donors (Lipinski definition) is 0. The smallest absolute Gasteiger partial charge is 0.252 e. The molecule has 0 radical (unpaired) electrons. The highest BCUT2D eigenvalue weighted by atomic mass is 32.2. The molecule has 4 nitrogen and oxygen atoms in total. The molecule has 0 bridgehead atoms. The second kappa shape index (κ2) is 4.07. The normalized spacial score (nSPS) is 28.6. The summed E-state index contributed by atoms with van der Waals surface area (Å²) < 4.78 is 1.91. The van der Waals surface area contributed by atoms with E-state index in [4.69, 9.17) is 0 Å². The summed E-state index contributed by atoms with van der Waals surface area (Å²) in [5.41, 5.74) is 0.878. The van der Waals surface area contributed by atoms with Crippen LogP contribution < -0.4 is 5.56 Å². The molecule has 2 aliphatic rings. The molecule has 1 unspecified atom stereocenters. The summed E-state index contributed by atoms with van der Waals surface area (Å²) >= 11 is 1.51. The van der Waals surface area contributed by atoms with Gasteiger partial charge in [0.05, 0.1) is 0 Å². The molecule has 0 amide bonds. The van der Waals surface area contributed by atoms with Crippen LogP contribution in [0, 0.1) is 11.8 Å². The van der Waals surface area contributed by atoms with Gasteiger partial charge in [0.2, 0.25) is 0 Å². The number of thioether (sulfide) groups is 1. The Bertz CT molecular complexity index is 701. The lowest BCUT2D eigenvalue weighted by atomic mass is 10.1. The molecule has 0 aliphatic heterocycles. The van der Waals surface area contributed by atoms with Crippen molar-refractivity contribution >= 4 is 22.8 Å². The highest BCUT2D eigenvalue weighted by Crippen LogP contribution is 2.55. The van der Waals surface area contributed by atoms with E-state index in [1.54, 1.807) is 6.07 Å². The van der Waals surface area contributed by atoms with Gasteiger partial charge in [0, 0.05) is 23.7 Å². The van der Waals surface area contributed by atoms with Crippen molar-refractivity contribution in [3.63, 3.8) is 0 Å². The number of rotatable bonds is 2. The first-order chi connectivity index (χ1) is 9.26. The van der Waals surface area contributed by atoms with Gasteiger partial charge in [-0.25, -0.2) is 9.97 Å². The van der Waals surface area contributed by atoms with Crippen molar-refractivity contribution in [3.05, 3.63) is 28.7 Å².